The van der Waals surface area contributed by atoms with Gasteiger partial charge in [-0.3, -0.25) is 4.99 Å². The van der Waals surface area contributed by atoms with Crippen LogP contribution >= 0.6 is 0 Å². The van der Waals surface area contributed by atoms with Gasteiger partial charge in [-0.05, 0) is 25.7 Å². The number of aliphatic imine (C=N–C) groups is 1. The van der Waals surface area contributed by atoms with Crippen molar-refractivity contribution in [2.75, 3.05) is 0 Å². The van der Waals surface area contributed by atoms with E-state index in [1.54, 1.807) is 0 Å². The van der Waals surface area contributed by atoms with Gasteiger partial charge in [-0.15, -0.1) is 0 Å². The number of hydrogen-bond donors (Lipinski definition) is 0. The van der Waals surface area contributed by atoms with E-state index in [-0.39, 0.29) is 0 Å². The highest BCUT2D eigenvalue weighted by Gasteiger charge is 2.26. The zero-order valence-corrected chi connectivity index (χ0v) is 8.64. The first kappa shape index (κ1) is 9.76. The Morgan fingerprint density at radius 3 is 2.67 bits per heavy atom. The van der Waals surface area contributed by atoms with E-state index < -0.39 is 0 Å². The third-order valence-corrected chi connectivity index (χ3v) is 2.54. The first-order valence-electron chi connectivity index (χ1n) is 5.30. The maximum atomic E-state index is 4.66. The Hall–Kier alpha value is -0.330. The van der Waals surface area contributed by atoms with Crippen LogP contribution in [-0.2, 0) is 0 Å². The summed E-state index contributed by atoms with van der Waals surface area (Å²) in [6.45, 7) is 6.75. The second-order valence-corrected chi connectivity index (χ2v) is 4.07. The summed E-state index contributed by atoms with van der Waals surface area (Å²) in [5.74, 6) is 0.804. The van der Waals surface area contributed by atoms with Crippen molar-refractivity contribution >= 4 is 5.71 Å². The molecular weight excluding hydrogens is 146 g/mol. The van der Waals surface area contributed by atoms with Crippen molar-refractivity contribution in [2.45, 2.75) is 58.9 Å². The van der Waals surface area contributed by atoms with Gasteiger partial charge in [-0.25, -0.2) is 0 Å². The van der Waals surface area contributed by atoms with Gasteiger partial charge in [0.2, 0.25) is 0 Å². The Kier molecular flexibility index (Phi) is 3.77. The normalized spacial score (nSPS) is 27.6. The Morgan fingerprint density at radius 2 is 2.17 bits per heavy atom. The summed E-state index contributed by atoms with van der Waals surface area (Å²) < 4.78 is 0. The zero-order valence-electron chi connectivity index (χ0n) is 8.64. The van der Waals surface area contributed by atoms with Crippen molar-refractivity contribution in [3.8, 4) is 0 Å². The number of rotatable bonds is 5. The largest absolute Gasteiger partial charge is 0.291 e. The summed E-state index contributed by atoms with van der Waals surface area (Å²) in [6, 6.07) is 0.580. The molecule has 1 aliphatic carbocycles. The van der Waals surface area contributed by atoms with Crippen LogP contribution in [0.2, 0.25) is 0 Å². The van der Waals surface area contributed by atoms with Gasteiger partial charge >= 0.3 is 0 Å². The molecule has 0 amide bonds. The average molecular weight is 167 g/mol. The van der Waals surface area contributed by atoms with Crippen LogP contribution < -0.4 is 0 Å². The molecule has 1 rings (SSSR count). The molecule has 1 heteroatoms. The second kappa shape index (κ2) is 4.64. The van der Waals surface area contributed by atoms with E-state index in [1.807, 2.05) is 0 Å². The number of hydrogen-bond acceptors (Lipinski definition) is 1. The molecule has 1 fully saturated rings. The van der Waals surface area contributed by atoms with Gasteiger partial charge in [0.15, 0.2) is 0 Å². The molecule has 0 aromatic rings. The molecule has 1 nitrogen and oxygen atoms in total. The predicted octanol–water partition coefficient (Wildman–Crippen LogP) is 3.44. The lowest BCUT2D eigenvalue weighted by Gasteiger charge is -2.03. The molecule has 70 valence electrons. The van der Waals surface area contributed by atoms with Crippen molar-refractivity contribution in [2.24, 2.45) is 10.9 Å². The second-order valence-electron chi connectivity index (χ2n) is 4.07. The van der Waals surface area contributed by atoms with Crippen molar-refractivity contribution in [3.05, 3.63) is 0 Å². The average Bonchev–Trinajstić information content (AvgIpc) is 2.67. The van der Waals surface area contributed by atoms with Crippen molar-refractivity contribution in [1.82, 2.24) is 0 Å². The van der Waals surface area contributed by atoms with Crippen LogP contribution in [0.25, 0.3) is 0 Å². The van der Waals surface area contributed by atoms with Gasteiger partial charge in [0.1, 0.15) is 0 Å². The van der Waals surface area contributed by atoms with Crippen LogP contribution in [0.15, 0.2) is 4.99 Å². The van der Waals surface area contributed by atoms with Crippen LogP contribution in [0.3, 0.4) is 0 Å². The molecule has 0 aliphatic heterocycles. The molecule has 0 radical (unpaired) electrons. The van der Waals surface area contributed by atoms with Gasteiger partial charge in [-0.1, -0.05) is 33.1 Å². The Morgan fingerprint density at radius 1 is 1.50 bits per heavy atom. The van der Waals surface area contributed by atoms with Crippen molar-refractivity contribution in [1.29, 1.82) is 0 Å². The molecule has 0 heterocycles. The zero-order chi connectivity index (χ0) is 8.97. The van der Waals surface area contributed by atoms with Crippen LogP contribution in [-0.4, -0.2) is 11.8 Å². The van der Waals surface area contributed by atoms with Crippen molar-refractivity contribution < 1.29 is 0 Å². The minimum atomic E-state index is 0.580. The Balaban J connectivity index is 2.08. The summed E-state index contributed by atoms with van der Waals surface area (Å²) in [5.41, 5.74) is 1.46. The van der Waals surface area contributed by atoms with Gasteiger partial charge < -0.3 is 0 Å². The lowest BCUT2D eigenvalue weighted by atomic mass is 10.1. The fourth-order valence-corrected chi connectivity index (χ4v) is 1.47. The van der Waals surface area contributed by atoms with Crippen LogP contribution in [0.5, 0.6) is 0 Å². The van der Waals surface area contributed by atoms with Crippen LogP contribution in [0, 0.1) is 5.92 Å². The van der Waals surface area contributed by atoms with E-state index in [1.165, 1.54) is 37.8 Å². The molecule has 1 saturated carbocycles. The molecule has 0 N–H and O–H groups in total. The van der Waals surface area contributed by atoms with E-state index in [4.69, 9.17) is 0 Å². The maximum absolute atomic E-state index is 4.66. The third kappa shape index (κ3) is 3.38. The lowest BCUT2D eigenvalue weighted by molar-refractivity contribution is 0.594. The topological polar surface area (TPSA) is 12.4 Å². The first-order valence-corrected chi connectivity index (χ1v) is 5.30. The summed E-state index contributed by atoms with van der Waals surface area (Å²) >= 11 is 0. The monoisotopic (exact) mass is 167 g/mol. The van der Waals surface area contributed by atoms with Crippen molar-refractivity contribution in [3.63, 3.8) is 0 Å². The van der Waals surface area contributed by atoms with E-state index in [0.29, 0.717) is 6.04 Å². The quantitative estimate of drug-likeness (QED) is 0.556. The lowest BCUT2D eigenvalue weighted by Crippen LogP contribution is -1.98. The highest BCUT2D eigenvalue weighted by molar-refractivity contribution is 6.00. The minimum absolute atomic E-state index is 0.580. The molecule has 1 unspecified atom stereocenters. The fraction of sp³-hybridized carbons (Fsp3) is 0.909. The van der Waals surface area contributed by atoms with Gasteiger partial charge in [-0.2, -0.15) is 0 Å². The molecular formula is C11H21N. The summed E-state index contributed by atoms with van der Waals surface area (Å²) in [4.78, 5) is 4.66. The fourth-order valence-electron chi connectivity index (χ4n) is 1.47. The molecule has 0 bridgehead atoms. The smallest absolute Gasteiger partial charge is 0.0471 e. The molecule has 2 atom stereocenters. The predicted molar refractivity (Wildman–Crippen MR) is 54.8 cm³/mol. The molecule has 12 heavy (non-hydrogen) atoms. The molecule has 0 aromatic heterocycles. The summed E-state index contributed by atoms with van der Waals surface area (Å²) in [6.07, 6.45) is 6.58. The molecule has 0 saturated heterocycles. The van der Waals surface area contributed by atoms with Crippen LogP contribution in [0.4, 0.5) is 0 Å². The SMILES string of the molecule is CCCCC[C@H](C)N=C1CC1C. The van der Waals surface area contributed by atoms with Gasteiger partial charge in [0.25, 0.3) is 0 Å². The van der Waals surface area contributed by atoms with E-state index in [2.05, 4.69) is 25.8 Å². The highest BCUT2D eigenvalue weighted by atomic mass is 14.8. The van der Waals surface area contributed by atoms with Crippen LogP contribution in [0.1, 0.15) is 52.9 Å². The van der Waals surface area contributed by atoms with E-state index in [9.17, 15) is 0 Å². The minimum Gasteiger partial charge on any atom is -0.291 e. The highest BCUT2D eigenvalue weighted by Crippen LogP contribution is 2.26. The summed E-state index contributed by atoms with van der Waals surface area (Å²) in [7, 11) is 0. The van der Waals surface area contributed by atoms with Gasteiger partial charge in [0.05, 0.1) is 0 Å². The number of unbranched alkanes of at least 4 members (excludes halogenated alkanes) is 2. The molecule has 1 aliphatic rings. The number of nitrogens with zero attached hydrogens (tertiary/aromatic N) is 1. The molecule has 0 spiro atoms. The molecule has 0 aromatic carbocycles. The maximum Gasteiger partial charge on any atom is 0.0471 e. The van der Waals surface area contributed by atoms with Gasteiger partial charge in [0, 0.05) is 11.8 Å². The Labute approximate surface area is 76.3 Å². The van der Waals surface area contributed by atoms with E-state index >= 15 is 0 Å². The first-order chi connectivity index (χ1) is 5.74. The summed E-state index contributed by atoms with van der Waals surface area (Å²) in [5, 5.41) is 0. The standard InChI is InChI=1S/C11H21N/c1-4-5-6-7-10(3)12-11-8-9(11)2/h9-10H,4-8H2,1-3H3/t9?,10-/m0/s1. The van der Waals surface area contributed by atoms with E-state index in [0.717, 1.165) is 5.92 Å². The third-order valence-electron chi connectivity index (χ3n) is 2.54. The Bertz CT molecular complexity index is 160.